The Labute approximate surface area is 228 Å². The highest BCUT2D eigenvalue weighted by molar-refractivity contribution is 6.31. The lowest BCUT2D eigenvalue weighted by atomic mass is 9.77. The van der Waals surface area contributed by atoms with E-state index in [2.05, 4.69) is 43.6 Å². The van der Waals surface area contributed by atoms with Gasteiger partial charge in [0.2, 0.25) is 6.41 Å². The minimum atomic E-state index is -0.804. The molecular formula is C28H36Cl2FN3O3. The standard InChI is InChI=1S/C23H24Cl2FN3O3.C5H12/c1-13(17-4-3-5-18(25)20(17)26)21(22(31)29-16-9-23(2,32)10-16)27-11-14-6-7-15(24)8-19(14)28-12-30;1-5(2,3)4/h3-8,12,16,27,32H,9-11H2,1-2H3,(H,28,30)(H,29,31);1-4H3/b21-13+;. The Bertz CT molecular complexity index is 1150. The molecule has 0 bridgehead atoms. The van der Waals surface area contributed by atoms with E-state index in [0.717, 1.165) is 0 Å². The van der Waals surface area contributed by atoms with E-state index in [-0.39, 0.29) is 28.9 Å². The predicted molar refractivity (Wildman–Crippen MR) is 149 cm³/mol. The SMILES string of the molecule is C/C(=C(\NCc1ccc(Cl)cc1NC=O)C(=O)NC1CC(C)(O)C1)c1cccc(Cl)c1F.CC(C)(C)C. The Morgan fingerprint density at radius 1 is 1.19 bits per heavy atom. The van der Waals surface area contributed by atoms with Crippen LogP contribution in [0.25, 0.3) is 5.57 Å². The van der Waals surface area contributed by atoms with Crippen molar-refractivity contribution in [3.63, 3.8) is 0 Å². The Balaban J connectivity index is 0.000000877. The highest BCUT2D eigenvalue weighted by Gasteiger charge is 2.39. The second-order valence-electron chi connectivity index (χ2n) is 11.1. The molecule has 0 unspecified atom stereocenters. The summed E-state index contributed by atoms with van der Waals surface area (Å²) in [5.41, 5.74) is 1.58. The van der Waals surface area contributed by atoms with Gasteiger partial charge in [0.15, 0.2) is 0 Å². The Kier molecular flexibility index (Phi) is 10.6. The predicted octanol–water partition coefficient (Wildman–Crippen LogP) is 6.30. The number of carbonyl (C=O) groups is 2. The van der Waals surface area contributed by atoms with Crippen molar-refractivity contribution in [2.45, 2.75) is 72.6 Å². The van der Waals surface area contributed by atoms with Crippen molar-refractivity contribution in [2.75, 3.05) is 5.32 Å². The van der Waals surface area contributed by atoms with Crippen LogP contribution in [-0.2, 0) is 16.1 Å². The maximum Gasteiger partial charge on any atom is 0.267 e. The van der Waals surface area contributed by atoms with Crippen LogP contribution in [0.3, 0.4) is 0 Å². The lowest BCUT2D eigenvalue weighted by molar-refractivity contribution is -0.121. The summed E-state index contributed by atoms with van der Waals surface area (Å²) in [6.07, 6.45) is 1.40. The molecule has 0 aliphatic heterocycles. The Morgan fingerprint density at radius 2 is 1.81 bits per heavy atom. The largest absolute Gasteiger partial charge is 0.390 e. The number of rotatable bonds is 8. The number of halogens is 3. The van der Waals surface area contributed by atoms with Crippen LogP contribution in [0.2, 0.25) is 10.0 Å². The number of aliphatic hydroxyl groups is 1. The molecule has 1 fully saturated rings. The fraction of sp³-hybridized carbons (Fsp3) is 0.429. The smallest absolute Gasteiger partial charge is 0.267 e. The van der Waals surface area contributed by atoms with Crippen LogP contribution >= 0.6 is 23.2 Å². The van der Waals surface area contributed by atoms with Gasteiger partial charge in [0.25, 0.3) is 5.91 Å². The molecular weight excluding hydrogens is 516 g/mol. The zero-order valence-electron chi connectivity index (χ0n) is 22.1. The maximum absolute atomic E-state index is 14.7. The van der Waals surface area contributed by atoms with E-state index in [4.69, 9.17) is 23.2 Å². The normalized spacial score (nSPS) is 19.5. The number of allylic oxidation sites excluding steroid dienone is 1. The number of nitrogens with one attached hydrogen (secondary N) is 3. The number of carbonyl (C=O) groups excluding carboxylic acids is 2. The zero-order valence-corrected chi connectivity index (χ0v) is 23.6. The molecule has 6 nitrogen and oxygen atoms in total. The maximum atomic E-state index is 14.7. The van der Waals surface area contributed by atoms with Gasteiger partial charge in [-0.05, 0) is 61.4 Å². The Morgan fingerprint density at radius 3 is 2.38 bits per heavy atom. The van der Waals surface area contributed by atoms with Crippen molar-refractivity contribution in [2.24, 2.45) is 5.41 Å². The second-order valence-corrected chi connectivity index (χ2v) is 11.9. The van der Waals surface area contributed by atoms with Crippen LogP contribution in [0.4, 0.5) is 10.1 Å². The van der Waals surface area contributed by atoms with Gasteiger partial charge >= 0.3 is 0 Å². The van der Waals surface area contributed by atoms with Gasteiger partial charge in [0.1, 0.15) is 11.5 Å². The van der Waals surface area contributed by atoms with Crippen LogP contribution in [0.1, 0.15) is 65.5 Å². The van der Waals surface area contributed by atoms with Gasteiger partial charge in [-0.3, -0.25) is 9.59 Å². The van der Waals surface area contributed by atoms with Crippen molar-refractivity contribution in [1.82, 2.24) is 10.6 Å². The van der Waals surface area contributed by atoms with Gasteiger partial charge < -0.3 is 21.1 Å². The molecule has 202 valence electrons. The Hall–Kier alpha value is -2.61. The molecule has 9 heteroatoms. The summed E-state index contributed by atoms with van der Waals surface area (Å²) in [4.78, 5) is 24.0. The first kappa shape index (κ1) is 30.6. The zero-order chi connectivity index (χ0) is 28.0. The average Bonchev–Trinajstić information content (AvgIpc) is 2.74. The summed E-state index contributed by atoms with van der Waals surface area (Å²) in [5, 5.41) is 18.9. The molecule has 2 aromatic carbocycles. The molecule has 1 aliphatic rings. The molecule has 0 aromatic heterocycles. The summed E-state index contributed by atoms with van der Waals surface area (Å²) in [6, 6.07) is 9.37. The molecule has 37 heavy (non-hydrogen) atoms. The molecule has 3 rings (SSSR count). The number of hydrogen-bond acceptors (Lipinski definition) is 4. The van der Waals surface area contributed by atoms with Gasteiger partial charge in [0, 0.05) is 28.9 Å². The van der Waals surface area contributed by atoms with Crippen LogP contribution in [0.15, 0.2) is 42.1 Å². The van der Waals surface area contributed by atoms with Gasteiger partial charge in [-0.25, -0.2) is 4.39 Å². The topological polar surface area (TPSA) is 90.5 Å². The van der Waals surface area contributed by atoms with Crippen LogP contribution < -0.4 is 16.0 Å². The lowest BCUT2D eigenvalue weighted by Gasteiger charge is -2.41. The highest BCUT2D eigenvalue weighted by Crippen LogP contribution is 2.32. The number of benzene rings is 2. The van der Waals surface area contributed by atoms with E-state index in [1.807, 2.05) is 0 Å². The minimum Gasteiger partial charge on any atom is -0.390 e. The molecule has 0 saturated heterocycles. The molecule has 4 N–H and O–H groups in total. The van der Waals surface area contributed by atoms with E-state index >= 15 is 0 Å². The first-order valence-corrected chi connectivity index (χ1v) is 12.8. The monoisotopic (exact) mass is 551 g/mol. The van der Waals surface area contributed by atoms with Crippen molar-refractivity contribution in [3.8, 4) is 0 Å². The number of amides is 2. The van der Waals surface area contributed by atoms with Crippen molar-refractivity contribution < 1.29 is 19.1 Å². The average molecular weight is 553 g/mol. The summed E-state index contributed by atoms with van der Waals surface area (Å²) < 4.78 is 14.7. The van der Waals surface area contributed by atoms with Gasteiger partial charge in [-0.1, -0.05) is 69.1 Å². The fourth-order valence-corrected chi connectivity index (χ4v) is 4.10. The molecule has 1 aliphatic carbocycles. The van der Waals surface area contributed by atoms with E-state index in [1.165, 1.54) is 6.07 Å². The van der Waals surface area contributed by atoms with Crippen molar-refractivity contribution >= 4 is 46.8 Å². The third-order valence-electron chi connectivity index (χ3n) is 5.41. The molecule has 0 spiro atoms. The third-order valence-corrected chi connectivity index (χ3v) is 5.93. The van der Waals surface area contributed by atoms with E-state index in [9.17, 15) is 19.1 Å². The first-order valence-electron chi connectivity index (χ1n) is 12.0. The summed E-state index contributed by atoms with van der Waals surface area (Å²) in [5.74, 6) is -1.05. The summed E-state index contributed by atoms with van der Waals surface area (Å²) in [6.45, 7) is 12.2. The van der Waals surface area contributed by atoms with Crippen LogP contribution in [0, 0.1) is 11.2 Å². The molecule has 1 saturated carbocycles. The molecule has 0 radical (unpaired) electrons. The first-order chi connectivity index (χ1) is 17.1. The summed E-state index contributed by atoms with van der Waals surface area (Å²) >= 11 is 11.9. The molecule has 0 heterocycles. The van der Waals surface area contributed by atoms with Crippen LogP contribution in [-0.4, -0.2) is 29.1 Å². The second kappa shape index (κ2) is 12.8. The van der Waals surface area contributed by atoms with Gasteiger partial charge in [-0.2, -0.15) is 0 Å². The van der Waals surface area contributed by atoms with Crippen molar-refractivity contribution in [3.05, 3.63) is 69.1 Å². The van der Waals surface area contributed by atoms with Crippen molar-refractivity contribution in [1.29, 1.82) is 0 Å². The van der Waals surface area contributed by atoms with Gasteiger partial charge in [-0.15, -0.1) is 0 Å². The fourth-order valence-electron chi connectivity index (χ4n) is 3.76. The minimum absolute atomic E-state index is 0.0492. The van der Waals surface area contributed by atoms with E-state index in [1.54, 1.807) is 44.2 Å². The number of hydrogen-bond donors (Lipinski definition) is 4. The molecule has 2 aromatic rings. The van der Waals surface area contributed by atoms with E-state index < -0.39 is 17.3 Å². The quantitative estimate of drug-likeness (QED) is 0.229. The lowest BCUT2D eigenvalue weighted by Crippen LogP contribution is -2.54. The highest BCUT2D eigenvalue weighted by atomic mass is 35.5. The van der Waals surface area contributed by atoms with Crippen LogP contribution in [0.5, 0.6) is 0 Å². The summed E-state index contributed by atoms with van der Waals surface area (Å²) in [7, 11) is 0. The molecule has 2 amide bonds. The number of anilines is 1. The van der Waals surface area contributed by atoms with Gasteiger partial charge in [0.05, 0.1) is 10.6 Å². The molecule has 0 atom stereocenters. The van der Waals surface area contributed by atoms with E-state index in [0.29, 0.717) is 46.5 Å². The third kappa shape index (κ3) is 9.65.